The fourth-order valence-electron chi connectivity index (χ4n) is 2.61. The quantitative estimate of drug-likeness (QED) is 0.672. The van der Waals surface area contributed by atoms with Gasteiger partial charge in [0.05, 0.1) is 0 Å². The Balaban J connectivity index is 2.34. The number of aromatic nitrogens is 1. The molecule has 2 nitrogen and oxygen atoms in total. The summed E-state index contributed by atoms with van der Waals surface area (Å²) in [4.78, 5) is 3.53. The molecule has 1 aromatic carbocycles. The lowest BCUT2D eigenvalue weighted by atomic mass is 9.92. The molecule has 2 heterocycles. The molecule has 0 bridgehead atoms. The number of hydrogen-bond donors (Lipinski definition) is 2. The summed E-state index contributed by atoms with van der Waals surface area (Å²) in [6.07, 6.45) is 0. The summed E-state index contributed by atoms with van der Waals surface area (Å²) in [7, 11) is 0. The molecule has 0 radical (unpaired) electrons. The highest BCUT2D eigenvalue weighted by Crippen LogP contribution is 2.35. The van der Waals surface area contributed by atoms with E-state index in [1.165, 1.54) is 22.2 Å². The van der Waals surface area contributed by atoms with E-state index in [0.29, 0.717) is 12.0 Å². The van der Waals surface area contributed by atoms with Crippen LogP contribution in [0.25, 0.3) is 10.9 Å². The molecule has 15 heavy (non-hydrogen) atoms. The molecule has 0 amide bonds. The van der Waals surface area contributed by atoms with Gasteiger partial charge >= 0.3 is 0 Å². The van der Waals surface area contributed by atoms with Crippen LogP contribution in [-0.4, -0.2) is 11.5 Å². The molecule has 0 saturated heterocycles. The Morgan fingerprint density at radius 1 is 1.20 bits per heavy atom. The third-order valence-corrected chi connectivity index (χ3v) is 3.43. The largest absolute Gasteiger partial charge is 0.357 e. The monoisotopic (exact) mass is 200 g/mol. The van der Waals surface area contributed by atoms with Crippen LogP contribution in [-0.2, 0) is 0 Å². The highest BCUT2D eigenvalue weighted by molar-refractivity contribution is 5.85. The number of benzene rings is 1. The van der Waals surface area contributed by atoms with Crippen molar-refractivity contribution < 1.29 is 0 Å². The van der Waals surface area contributed by atoms with Gasteiger partial charge in [-0.15, -0.1) is 0 Å². The van der Waals surface area contributed by atoms with Crippen molar-refractivity contribution in [1.29, 1.82) is 0 Å². The first-order valence-electron chi connectivity index (χ1n) is 5.61. The van der Waals surface area contributed by atoms with E-state index in [1.54, 1.807) is 0 Å². The van der Waals surface area contributed by atoms with Crippen molar-refractivity contribution in [3.05, 3.63) is 35.5 Å². The first-order chi connectivity index (χ1) is 7.27. The van der Waals surface area contributed by atoms with Gasteiger partial charge in [0, 0.05) is 29.2 Å². The Labute approximate surface area is 89.7 Å². The molecule has 1 aromatic heterocycles. The summed E-state index contributed by atoms with van der Waals surface area (Å²) in [5, 5.41) is 4.91. The molecule has 0 fully saturated rings. The van der Waals surface area contributed by atoms with Crippen molar-refractivity contribution in [2.24, 2.45) is 0 Å². The van der Waals surface area contributed by atoms with Gasteiger partial charge in [-0.25, -0.2) is 0 Å². The highest BCUT2D eigenvalue weighted by Gasteiger charge is 2.25. The van der Waals surface area contributed by atoms with E-state index in [0.717, 1.165) is 6.54 Å². The van der Waals surface area contributed by atoms with Gasteiger partial charge in [0.2, 0.25) is 0 Å². The molecule has 2 aromatic rings. The van der Waals surface area contributed by atoms with Gasteiger partial charge in [0.15, 0.2) is 0 Å². The van der Waals surface area contributed by atoms with E-state index in [1.807, 2.05) is 0 Å². The molecule has 1 aliphatic heterocycles. The standard InChI is InChI=1S/C13H16N2/c1-8-7-14-9(2)13-12(8)10-5-3-4-6-11(10)15-13/h3-6,8-9,14-15H,7H2,1-2H3/t8-,9-/m1/s1. The maximum Gasteiger partial charge on any atom is 0.0459 e. The number of aromatic amines is 1. The van der Waals surface area contributed by atoms with E-state index in [-0.39, 0.29) is 0 Å². The van der Waals surface area contributed by atoms with E-state index in [2.05, 4.69) is 48.4 Å². The average molecular weight is 200 g/mol. The van der Waals surface area contributed by atoms with E-state index in [4.69, 9.17) is 0 Å². The molecule has 2 heteroatoms. The lowest BCUT2D eigenvalue weighted by molar-refractivity contribution is 0.490. The van der Waals surface area contributed by atoms with Crippen LogP contribution in [0.3, 0.4) is 0 Å². The fourth-order valence-corrected chi connectivity index (χ4v) is 2.61. The second kappa shape index (κ2) is 3.11. The van der Waals surface area contributed by atoms with E-state index < -0.39 is 0 Å². The molecule has 2 N–H and O–H groups in total. The van der Waals surface area contributed by atoms with Gasteiger partial charge in [0.25, 0.3) is 0 Å². The van der Waals surface area contributed by atoms with Crippen LogP contribution in [0.15, 0.2) is 24.3 Å². The Kier molecular flexibility index (Phi) is 1.86. The molecular formula is C13H16N2. The highest BCUT2D eigenvalue weighted by atomic mass is 15.0. The predicted molar refractivity (Wildman–Crippen MR) is 63.1 cm³/mol. The number of para-hydroxylation sites is 1. The van der Waals surface area contributed by atoms with Gasteiger partial charge in [0.1, 0.15) is 0 Å². The van der Waals surface area contributed by atoms with Gasteiger partial charge in [-0.1, -0.05) is 25.1 Å². The Hall–Kier alpha value is -1.28. The summed E-state index contributed by atoms with van der Waals surface area (Å²) in [6, 6.07) is 9.04. The molecule has 1 aliphatic rings. The first kappa shape index (κ1) is 8.98. The number of nitrogens with one attached hydrogen (secondary N) is 2. The second-order valence-corrected chi connectivity index (χ2v) is 4.53. The Morgan fingerprint density at radius 2 is 2.00 bits per heavy atom. The third kappa shape index (κ3) is 1.21. The minimum Gasteiger partial charge on any atom is -0.357 e. The van der Waals surface area contributed by atoms with Crippen LogP contribution in [0, 0.1) is 0 Å². The van der Waals surface area contributed by atoms with Crippen LogP contribution >= 0.6 is 0 Å². The van der Waals surface area contributed by atoms with Crippen LogP contribution in [0.5, 0.6) is 0 Å². The van der Waals surface area contributed by atoms with Crippen molar-refractivity contribution in [3.8, 4) is 0 Å². The Morgan fingerprint density at radius 3 is 2.87 bits per heavy atom. The zero-order valence-corrected chi connectivity index (χ0v) is 9.17. The van der Waals surface area contributed by atoms with Crippen molar-refractivity contribution in [2.45, 2.75) is 25.8 Å². The second-order valence-electron chi connectivity index (χ2n) is 4.53. The number of rotatable bonds is 0. The van der Waals surface area contributed by atoms with Crippen LogP contribution in [0.2, 0.25) is 0 Å². The molecule has 3 rings (SSSR count). The molecular weight excluding hydrogens is 184 g/mol. The SMILES string of the molecule is C[C@@H]1CN[C@H](C)c2[nH]c3ccccc3c21. The summed E-state index contributed by atoms with van der Waals surface area (Å²) in [5.74, 6) is 0.604. The Bertz CT molecular complexity index is 498. The number of hydrogen-bond acceptors (Lipinski definition) is 1. The maximum atomic E-state index is 3.53. The molecule has 2 atom stereocenters. The number of H-pyrrole nitrogens is 1. The third-order valence-electron chi connectivity index (χ3n) is 3.43. The zero-order chi connectivity index (χ0) is 10.4. The lowest BCUT2D eigenvalue weighted by Gasteiger charge is -2.25. The predicted octanol–water partition coefficient (Wildman–Crippen LogP) is 2.94. The van der Waals surface area contributed by atoms with Gasteiger partial charge in [-0.2, -0.15) is 0 Å². The normalized spacial score (nSPS) is 25.5. The van der Waals surface area contributed by atoms with Crippen molar-refractivity contribution in [2.75, 3.05) is 6.54 Å². The van der Waals surface area contributed by atoms with Crippen LogP contribution in [0.4, 0.5) is 0 Å². The number of fused-ring (bicyclic) bond motifs is 3. The fraction of sp³-hybridized carbons (Fsp3) is 0.385. The maximum absolute atomic E-state index is 3.53. The van der Waals surface area contributed by atoms with Crippen molar-refractivity contribution in [1.82, 2.24) is 10.3 Å². The lowest BCUT2D eigenvalue weighted by Crippen LogP contribution is -2.29. The first-order valence-corrected chi connectivity index (χ1v) is 5.61. The topological polar surface area (TPSA) is 27.8 Å². The zero-order valence-electron chi connectivity index (χ0n) is 9.17. The smallest absolute Gasteiger partial charge is 0.0459 e. The minimum absolute atomic E-state index is 0.448. The van der Waals surface area contributed by atoms with E-state index >= 15 is 0 Å². The van der Waals surface area contributed by atoms with Crippen molar-refractivity contribution in [3.63, 3.8) is 0 Å². The average Bonchev–Trinajstić information content (AvgIpc) is 2.64. The van der Waals surface area contributed by atoms with Gasteiger partial charge in [-0.05, 0) is 24.5 Å². The molecule has 78 valence electrons. The molecule has 0 unspecified atom stereocenters. The summed E-state index contributed by atoms with van der Waals surface area (Å²) in [6.45, 7) is 5.59. The minimum atomic E-state index is 0.448. The molecule has 0 spiro atoms. The van der Waals surface area contributed by atoms with Crippen molar-refractivity contribution >= 4 is 10.9 Å². The molecule has 0 saturated carbocycles. The summed E-state index contributed by atoms with van der Waals surface area (Å²) in [5.41, 5.74) is 4.15. The molecule has 0 aliphatic carbocycles. The summed E-state index contributed by atoms with van der Waals surface area (Å²) < 4.78 is 0. The summed E-state index contributed by atoms with van der Waals surface area (Å²) >= 11 is 0. The van der Waals surface area contributed by atoms with E-state index in [9.17, 15) is 0 Å². The van der Waals surface area contributed by atoms with Crippen LogP contribution in [0.1, 0.15) is 37.1 Å². The van der Waals surface area contributed by atoms with Gasteiger partial charge < -0.3 is 10.3 Å². The van der Waals surface area contributed by atoms with Crippen LogP contribution < -0.4 is 5.32 Å². The van der Waals surface area contributed by atoms with Gasteiger partial charge in [-0.3, -0.25) is 0 Å².